The highest BCUT2D eigenvalue weighted by atomic mass is 32.1. The Morgan fingerprint density at radius 3 is 2.67 bits per heavy atom. The van der Waals surface area contributed by atoms with Gasteiger partial charge in [0.05, 0.1) is 19.4 Å². The standard InChI is InChI=1S/C21H24N2O3S/c1-16(6-7-17-8-10-18(24)11-9-17)22-21(25)23(14-19-4-2-12-26-19)15-20-5-3-13-27-20/h2-5,8-13,16,24H,6-7,14-15H2,1H3,(H,22,25). The second kappa shape index (κ2) is 9.28. The normalized spacial score (nSPS) is 11.9. The van der Waals surface area contributed by atoms with E-state index < -0.39 is 0 Å². The number of aromatic hydroxyl groups is 1. The summed E-state index contributed by atoms with van der Waals surface area (Å²) in [5.41, 5.74) is 1.14. The first-order valence-electron chi connectivity index (χ1n) is 8.98. The molecule has 2 aromatic heterocycles. The molecule has 1 unspecified atom stereocenters. The first-order valence-corrected chi connectivity index (χ1v) is 9.86. The van der Waals surface area contributed by atoms with Crippen LogP contribution in [0.4, 0.5) is 4.79 Å². The molecule has 0 spiro atoms. The Balaban J connectivity index is 1.56. The number of furan rings is 1. The molecule has 0 bridgehead atoms. The van der Waals surface area contributed by atoms with Crippen molar-refractivity contribution in [1.29, 1.82) is 0 Å². The molecule has 6 heteroatoms. The molecule has 0 aliphatic carbocycles. The largest absolute Gasteiger partial charge is 0.508 e. The fourth-order valence-electron chi connectivity index (χ4n) is 2.80. The summed E-state index contributed by atoms with van der Waals surface area (Å²) in [4.78, 5) is 15.7. The fraction of sp³-hybridized carbons (Fsp3) is 0.286. The van der Waals surface area contributed by atoms with Gasteiger partial charge in [-0.3, -0.25) is 0 Å². The van der Waals surface area contributed by atoms with Crippen LogP contribution in [0.2, 0.25) is 0 Å². The van der Waals surface area contributed by atoms with Gasteiger partial charge in [-0.25, -0.2) is 4.79 Å². The van der Waals surface area contributed by atoms with Gasteiger partial charge in [0.25, 0.3) is 0 Å². The molecule has 2 amide bonds. The molecule has 0 saturated heterocycles. The van der Waals surface area contributed by atoms with Crippen LogP contribution in [0.25, 0.3) is 0 Å². The van der Waals surface area contributed by atoms with E-state index in [1.165, 1.54) is 0 Å². The summed E-state index contributed by atoms with van der Waals surface area (Å²) in [5.74, 6) is 1.03. The molecule has 0 radical (unpaired) electrons. The number of rotatable bonds is 8. The third-order valence-electron chi connectivity index (χ3n) is 4.31. The lowest BCUT2D eigenvalue weighted by Gasteiger charge is -2.24. The number of phenols is 1. The number of phenolic OH excluding ortho intramolecular Hbond substituents is 1. The third-order valence-corrected chi connectivity index (χ3v) is 5.17. The highest BCUT2D eigenvalue weighted by molar-refractivity contribution is 7.09. The van der Waals surface area contributed by atoms with Crippen LogP contribution in [0.1, 0.15) is 29.5 Å². The number of benzene rings is 1. The summed E-state index contributed by atoms with van der Waals surface area (Å²) in [6.07, 6.45) is 3.28. The van der Waals surface area contributed by atoms with Gasteiger partial charge in [0.15, 0.2) is 0 Å². The van der Waals surface area contributed by atoms with Gasteiger partial charge in [-0.1, -0.05) is 18.2 Å². The van der Waals surface area contributed by atoms with E-state index in [-0.39, 0.29) is 17.8 Å². The Hall–Kier alpha value is -2.73. The maximum atomic E-state index is 12.8. The van der Waals surface area contributed by atoms with Gasteiger partial charge in [-0.05, 0) is 61.0 Å². The van der Waals surface area contributed by atoms with Crippen molar-refractivity contribution in [1.82, 2.24) is 10.2 Å². The molecule has 3 rings (SSSR count). The van der Waals surface area contributed by atoms with E-state index in [4.69, 9.17) is 4.42 Å². The molecule has 142 valence electrons. The summed E-state index contributed by atoms with van der Waals surface area (Å²) in [7, 11) is 0. The molecule has 0 aliphatic rings. The lowest BCUT2D eigenvalue weighted by atomic mass is 10.1. The number of carbonyl (C=O) groups excluding carboxylic acids is 1. The van der Waals surface area contributed by atoms with Crippen molar-refractivity contribution in [2.45, 2.75) is 38.9 Å². The molecular weight excluding hydrogens is 360 g/mol. The highest BCUT2D eigenvalue weighted by Gasteiger charge is 2.18. The number of hydrogen-bond acceptors (Lipinski definition) is 4. The van der Waals surface area contributed by atoms with E-state index in [0.29, 0.717) is 13.1 Å². The van der Waals surface area contributed by atoms with Crippen LogP contribution in [-0.4, -0.2) is 22.1 Å². The minimum absolute atomic E-state index is 0.0359. The summed E-state index contributed by atoms with van der Waals surface area (Å²) >= 11 is 1.64. The van der Waals surface area contributed by atoms with Gasteiger partial charge in [0, 0.05) is 10.9 Å². The van der Waals surface area contributed by atoms with Gasteiger partial charge in [-0.15, -0.1) is 11.3 Å². The molecular formula is C21H24N2O3S. The summed E-state index contributed by atoms with van der Waals surface area (Å²) in [5, 5.41) is 14.5. The molecule has 0 saturated carbocycles. The van der Waals surface area contributed by atoms with Gasteiger partial charge in [0.2, 0.25) is 0 Å². The molecule has 2 heterocycles. The summed E-state index contributed by atoms with van der Waals surface area (Å²) < 4.78 is 5.41. The van der Waals surface area contributed by atoms with Gasteiger partial charge in [-0.2, -0.15) is 0 Å². The number of carbonyl (C=O) groups is 1. The van der Waals surface area contributed by atoms with Gasteiger partial charge in [0.1, 0.15) is 11.5 Å². The Kier molecular flexibility index (Phi) is 6.54. The minimum Gasteiger partial charge on any atom is -0.508 e. The molecule has 27 heavy (non-hydrogen) atoms. The van der Waals surface area contributed by atoms with E-state index >= 15 is 0 Å². The maximum absolute atomic E-state index is 12.8. The minimum atomic E-state index is -0.0991. The lowest BCUT2D eigenvalue weighted by Crippen LogP contribution is -2.43. The quantitative estimate of drug-likeness (QED) is 0.587. The predicted octanol–water partition coefficient (Wildman–Crippen LogP) is 4.78. The highest BCUT2D eigenvalue weighted by Crippen LogP contribution is 2.16. The Morgan fingerprint density at radius 1 is 1.19 bits per heavy atom. The zero-order chi connectivity index (χ0) is 19.1. The monoisotopic (exact) mass is 384 g/mol. The van der Waals surface area contributed by atoms with Crippen molar-refractivity contribution in [3.05, 3.63) is 76.4 Å². The van der Waals surface area contributed by atoms with Crippen molar-refractivity contribution in [3.63, 3.8) is 0 Å². The van der Waals surface area contributed by atoms with Crippen LogP contribution in [0, 0.1) is 0 Å². The Labute approximate surface area is 163 Å². The van der Waals surface area contributed by atoms with E-state index in [1.54, 1.807) is 34.6 Å². The average Bonchev–Trinajstić information content (AvgIpc) is 3.35. The van der Waals surface area contributed by atoms with Crippen LogP contribution >= 0.6 is 11.3 Å². The fourth-order valence-corrected chi connectivity index (χ4v) is 3.52. The lowest BCUT2D eigenvalue weighted by molar-refractivity contribution is 0.184. The smallest absolute Gasteiger partial charge is 0.318 e. The van der Waals surface area contributed by atoms with Crippen molar-refractivity contribution in [2.75, 3.05) is 0 Å². The van der Waals surface area contributed by atoms with Crippen molar-refractivity contribution in [2.24, 2.45) is 0 Å². The Bertz CT molecular complexity index is 778. The third kappa shape index (κ3) is 5.89. The summed E-state index contributed by atoms with van der Waals surface area (Å²) in [6, 6.07) is 14.8. The van der Waals surface area contributed by atoms with Crippen molar-refractivity contribution < 1.29 is 14.3 Å². The second-order valence-electron chi connectivity index (χ2n) is 6.57. The van der Waals surface area contributed by atoms with E-state index in [9.17, 15) is 9.90 Å². The maximum Gasteiger partial charge on any atom is 0.318 e. The number of urea groups is 1. The van der Waals surface area contributed by atoms with Crippen LogP contribution in [0.15, 0.2) is 64.6 Å². The SMILES string of the molecule is CC(CCc1ccc(O)cc1)NC(=O)N(Cc1ccco1)Cc1cccs1. The molecule has 1 aromatic carbocycles. The Morgan fingerprint density at radius 2 is 2.00 bits per heavy atom. The molecule has 2 N–H and O–H groups in total. The van der Waals surface area contributed by atoms with Crippen LogP contribution in [-0.2, 0) is 19.5 Å². The van der Waals surface area contributed by atoms with Gasteiger partial charge < -0.3 is 19.7 Å². The van der Waals surface area contributed by atoms with Crippen LogP contribution in [0.5, 0.6) is 5.75 Å². The molecule has 0 fully saturated rings. The second-order valence-corrected chi connectivity index (χ2v) is 7.60. The van der Waals surface area contributed by atoms with Gasteiger partial charge >= 0.3 is 6.03 Å². The number of nitrogens with one attached hydrogen (secondary N) is 1. The first-order chi connectivity index (χ1) is 13.1. The topological polar surface area (TPSA) is 65.7 Å². The van der Waals surface area contributed by atoms with E-state index in [1.807, 2.05) is 48.7 Å². The number of amides is 2. The number of thiophene rings is 1. The van der Waals surface area contributed by atoms with Crippen LogP contribution in [0.3, 0.4) is 0 Å². The number of nitrogens with zero attached hydrogens (tertiary/aromatic N) is 1. The zero-order valence-corrected chi connectivity index (χ0v) is 16.1. The van der Waals surface area contributed by atoms with Crippen molar-refractivity contribution in [3.8, 4) is 5.75 Å². The number of aryl methyl sites for hydroxylation is 1. The number of hydrogen-bond donors (Lipinski definition) is 2. The molecule has 3 aromatic rings. The first kappa shape index (κ1) is 19.0. The van der Waals surface area contributed by atoms with E-state index in [0.717, 1.165) is 29.0 Å². The zero-order valence-electron chi connectivity index (χ0n) is 15.3. The molecule has 0 aliphatic heterocycles. The van der Waals surface area contributed by atoms with E-state index in [2.05, 4.69) is 5.32 Å². The summed E-state index contributed by atoms with van der Waals surface area (Å²) in [6.45, 7) is 2.99. The molecule has 1 atom stereocenters. The van der Waals surface area contributed by atoms with Crippen molar-refractivity contribution >= 4 is 17.4 Å². The van der Waals surface area contributed by atoms with Crippen LogP contribution < -0.4 is 5.32 Å². The predicted molar refractivity (Wildman–Crippen MR) is 107 cm³/mol. The average molecular weight is 385 g/mol. The molecule has 5 nitrogen and oxygen atoms in total.